The largest absolute Gasteiger partial charge is 0.355 e. The zero-order valence-corrected chi connectivity index (χ0v) is 12.6. The van der Waals surface area contributed by atoms with Crippen LogP contribution in [0.5, 0.6) is 0 Å². The summed E-state index contributed by atoms with van der Waals surface area (Å²) in [5, 5.41) is 0.809. The van der Waals surface area contributed by atoms with Crippen LogP contribution in [0.1, 0.15) is 39.5 Å². The molecule has 0 N–H and O–H groups in total. The molecule has 1 heterocycles. The minimum absolute atomic E-state index is 0.248. The van der Waals surface area contributed by atoms with Gasteiger partial charge in [0.15, 0.2) is 5.82 Å². The first-order valence-electron chi connectivity index (χ1n) is 6.30. The maximum atomic E-state index is 6.14. The lowest BCUT2D eigenvalue weighted by Crippen LogP contribution is -2.37. The van der Waals surface area contributed by atoms with Gasteiger partial charge in [-0.3, -0.25) is 0 Å². The van der Waals surface area contributed by atoms with Crippen LogP contribution < -0.4 is 4.90 Å². The Morgan fingerprint density at radius 3 is 2.50 bits per heavy atom. The summed E-state index contributed by atoms with van der Waals surface area (Å²) in [6.07, 6.45) is 6.37. The summed E-state index contributed by atoms with van der Waals surface area (Å²) in [4.78, 5) is 10.3. The summed E-state index contributed by atoms with van der Waals surface area (Å²) in [7, 11) is 2.04. The van der Waals surface area contributed by atoms with Crippen LogP contribution in [0.25, 0.3) is 0 Å². The number of halogens is 2. The standard InChI is InChI=1S/C13H19Cl2N3/c1-13(2)6-4-9(5-7-13)18(3)11-10(14)8-16-12(15)17-11/h8-9H,4-7H2,1-3H3. The van der Waals surface area contributed by atoms with E-state index in [1.165, 1.54) is 25.7 Å². The van der Waals surface area contributed by atoms with Crippen LogP contribution >= 0.6 is 23.2 Å². The van der Waals surface area contributed by atoms with Crippen molar-refractivity contribution in [2.24, 2.45) is 5.41 Å². The summed E-state index contributed by atoms with van der Waals surface area (Å²) in [6, 6.07) is 0.487. The van der Waals surface area contributed by atoms with Crippen LogP contribution in [0, 0.1) is 5.41 Å². The summed E-state index contributed by atoms with van der Waals surface area (Å²) in [6.45, 7) is 4.66. The van der Waals surface area contributed by atoms with E-state index in [1.807, 2.05) is 7.05 Å². The van der Waals surface area contributed by atoms with E-state index in [2.05, 4.69) is 28.7 Å². The molecule has 1 aliphatic rings. The van der Waals surface area contributed by atoms with Crippen molar-refractivity contribution < 1.29 is 0 Å². The molecule has 0 aromatic carbocycles. The van der Waals surface area contributed by atoms with Gasteiger partial charge in [0, 0.05) is 13.1 Å². The average molecular weight is 288 g/mol. The first-order valence-corrected chi connectivity index (χ1v) is 7.05. The molecule has 0 spiro atoms. The van der Waals surface area contributed by atoms with E-state index in [0.29, 0.717) is 16.5 Å². The Labute approximate surface area is 119 Å². The molecule has 0 unspecified atom stereocenters. The summed E-state index contributed by atoms with van der Waals surface area (Å²) < 4.78 is 0. The molecule has 1 aliphatic carbocycles. The zero-order chi connectivity index (χ0) is 13.3. The van der Waals surface area contributed by atoms with Crippen molar-refractivity contribution in [3.8, 4) is 0 Å². The fourth-order valence-corrected chi connectivity index (χ4v) is 2.88. The Bertz CT molecular complexity index is 424. The van der Waals surface area contributed by atoms with Gasteiger partial charge in [0.05, 0.1) is 6.20 Å². The highest BCUT2D eigenvalue weighted by Gasteiger charge is 2.30. The molecule has 5 heteroatoms. The lowest BCUT2D eigenvalue weighted by atomic mass is 9.75. The maximum absolute atomic E-state index is 6.14. The summed E-state index contributed by atoms with van der Waals surface area (Å²) in [5.74, 6) is 0.737. The zero-order valence-electron chi connectivity index (χ0n) is 11.1. The second kappa shape index (κ2) is 5.22. The molecule has 0 aliphatic heterocycles. The fourth-order valence-electron chi connectivity index (χ4n) is 2.53. The van der Waals surface area contributed by atoms with E-state index in [9.17, 15) is 0 Å². The molecule has 1 fully saturated rings. The third kappa shape index (κ3) is 3.07. The Kier molecular flexibility index (Phi) is 4.02. The predicted molar refractivity (Wildman–Crippen MR) is 76.5 cm³/mol. The number of anilines is 1. The highest BCUT2D eigenvalue weighted by atomic mass is 35.5. The van der Waals surface area contributed by atoms with Gasteiger partial charge in [0.2, 0.25) is 5.28 Å². The molecule has 3 nitrogen and oxygen atoms in total. The van der Waals surface area contributed by atoms with Crippen molar-refractivity contribution in [3.63, 3.8) is 0 Å². The van der Waals surface area contributed by atoms with Crippen molar-refractivity contribution in [3.05, 3.63) is 16.5 Å². The normalized spacial score (nSPS) is 19.8. The molecule has 1 aromatic rings. The van der Waals surface area contributed by atoms with Crippen LogP contribution in [0.15, 0.2) is 6.20 Å². The topological polar surface area (TPSA) is 29.0 Å². The predicted octanol–water partition coefficient (Wildman–Crippen LogP) is 4.19. The highest BCUT2D eigenvalue weighted by molar-refractivity contribution is 6.33. The summed E-state index contributed by atoms with van der Waals surface area (Å²) in [5.41, 5.74) is 0.463. The first kappa shape index (κ1) is 13.9. The summed E-state index contributed by atoms with van der Waals surface area (Å²) >= 11 is 12.0. The molecule has 0 radical (unpaired) electrons. The number of rotatable bonds is 2. The third-order valence-corrected chi connectivity index (χ3v) is 4.34. The van der Waals surface area contributed by atoms with Crippen LogP contribution in [-0.4, -0.2) is 23.1 Å². The molecule has 18 heavy (non-hydrogen) atoms. The van der Waals surface area contributed by atoms with E-state index in [0.717, 1.165) is 5.82 Å². The van der Waals surface area contributed by atoms with Gasteiger partial charge in [-0.2, -0.15) is 4.98 Å². The first-order chi connectivity index (χ1) is 8.39. The van der Waals surface area contributed by atoms with E-state index in [1.54, 1.807) is 6.20 Å². The molecule has 0 amide bonds. The molecule has 1 saturated carbocycles. The molecule has 0 bridgehead atoms. The van der Waals surface area contributed by atoms with Gasteiger partial charge < -0.3 is 4.90 Å². The molecular formula is C13H19Cl2N3. The minimum Gasteiger partial charge on any atom is -0.355 e. The van der Waals surface area contributed by atoms with E-state index < -0.39 is 0 Å². The number of hydrogen-bond acceptors (Lipinski definition) is 3. The van der Waals surface area contributed by atoms with Gasteiger partial charge in [0.1, 0.15) is 5.02 Å². The van der Waals surface area contributed by atoms with Crippen molar-refractivity contribution in [2.75, 3.05) is 11.9 Å². The monoisotopic (exact) mass is 287 g/mol. The van der Waals surface area contributed by atoms with Gasteiger partial charge in [-0.1, -0.05) is 25.4 Å². The Morgan fingerprint density at radius 2 is 1.89 bits per heavy atom. The van der Waals surface area contributed by atoms with E-state index in [-0.39, 0.29) is 5.28 Å². The SMILES string of the molecule is CN(c1nc(Cl)ncc1Cl)C1CCC(C)(C)CC1. The highest BCUT2D eigenvalue weighted by Crippen LogP contribution is 2.38. The van der Waals surface area contributed by atoms with Gasteiger partial charge in [-0.25, -0.2) is 4.98 Å². The van der Waals surface area contributed by atoms with Crippen LogP contribution in [0.3, 0.4) is 0 Å². The average Bonchev–Trinajstić information content (AvgIpc) is 2.31. The molecule has 2 rings (SSSR count). The fraction of sp³-hybridized carbons (Fsp3) is 0.692. The van der Waals surface area contributed by atoms with E-state index >= 15 is 0 Å². The van der Waals surface area contributed by atoms with Crippen LogP contribution in [0.4, 0.5) is 5.82 Å². The number of nitrogens with zero attached hydrogens (tertiary/aromatic N) is 3. The van der Waals surface area contributed by atoms with Crippen LogP contribution in [0.2, 0.25) is 10.3 Å². The van der Waals surface area contributed by atoms with Crippen molar-refractivity contribution in [1.29, 1.82) is 0 Å². The molecular weight excluding hydrogens is 269 g/mol. The quantitative estimate of drug-likeness (QED) is 0.764. The third-order valence-electron chi connectivity index (χ3n) is 3.89. The molecule has 1 aromatic heterocycles. The Morgan fingerprint density at radius 1 is 1.28 bits per heavy atom. The maximum Gasteiger partial charge on any atom is 0.224 e. The van der Waals surface area contributed by atoms with Gasteiger partial charge in [0.25, 0.3) is 0 Å². The smallest absolute Gasteiger partial charge is 0.224 e. The molecule has 100 valence electrons. The van der Waals surface area contributed by atoms with Crippen LogP contribution in [-0.2, 0) is 0 Å². The number of aromatic nitrogens is 2. The number of hydrogen-bond donors (Lipinski definition) is 0. The van der Waals surface area contributed by atoms with Crippen molar-refractivity contribution >= 4 is 29.0 Å². The second-order valence-corrected chi connectivity index (χ2v) is 6.56. The van der Waals surface area contributed by atoms with Gasteiger partial charge >= 0.3 is 0 Å². The lowest BCUT2D eigenvalue weighted by molar-refractivity contribution is 0.222. The second-order valence-electron chi connectivity index (χ2n) is 5.82. The Balaban J connectivity index is 2.12. The molecule has 0 atom stereocenters. The minimum atomic E-state index is 0.248. The van der Waals surface area contributed by atoms with Gasteiger partial charge in [-0.05, 0) is 42.7 Å². The van der Waals surface area contributed by atoms with Gasteiger partial charge in [-0.15, -0.1) is 0 Å². The lowest BCUT2D eigenvalue weighted by Gasteiger charge is -2.39. The molecule has 0 saturated heterocycles. The van der Waals surface area contributed by atoms with E-state index in [4.69, 9.17) is 23.2 Å². The van der Waals surface area contributed by atoms with Crippen molar-refractivity contribution in [1.82, 2.24) is 9.97 Å². The Hall–Kier alpha value is -0.540. The van der Waals surface area contributed by atoms with Crippen molar-refractivity contribution in [2.45, 2.75) is 45.6 Å².